The second-order valence-corrected chi connectivity index (χ2v) is 5.63. The monoisotopic (exact) mass is 293 g/mol. The van der Waals surface area contributed by atoms with Crippen LogP contribution in [0.5, 0.6) is 5.75 Å². The minimum Gasteiger partial charge on any atom is -0.494 e. The first-order valence-electron chi connectivity index (χ1n) is 7.40. The number of likely N-dealkylation sites (N-methyl/N-ethyl adjacent to an activating group) is 1. The third kappa shape index (κ3) is 5.05. The lowest BCUT2D eigenvalue weighted by Crippen LogP contribution is -2.48. The highest BCUT2D eigenvalue weighted by Crippen LogP contribution is 2.18. The number of benzene rings is 1. The molecule has 1 aromatic carbocycles. The summed E-state index contributed by atoms with van der Waals surface area (Å²) in [5.74, 6) is 0.683. The highest BCUT2D eigenvalue weighted by atomic mass is 16.5. The third-order valence-electron chi connectivity index (χ3n) is 4.01. The van der Waals surface area contributed by atoms with Crippen LogP contribution < -0.4 is 10.1 Å². The summed E-state index contributed by atoms with van der Waals surface area (Å²) in [7, 11) is 3.20. The average molecular weight is 293 g/mol. The van der Waals surface area contributed by atoms with Gasteiger partial charge < -0.3 is 14.8 Å². The zero-order valence-electron chi connectivity index (χ0n) is 13.8. The number of hydrogen-bond donors (Lipinski definition) is 1. The summed E-state index contributed by atoms with van der Waals surface area (Å²) in [5.41, 5.74) is 1.89. The number of carbonyl (C=O) groups is 1. The van der Waals surface area contributed by atoms with Crippen LogP contribution in [0.3, 0.4) is 0 Å². The number of ether oxygens (including phenoxy) is 2. The SMILES string of the molecule is CNC(C)(CCCCOc1ccc(C)c(C)c1)C(=O)OC. The van der Waals surface area contributed by atoms with Crippen molar-refractivity contribution in [2.45, 2.75) is 45.6 Å². The molecule has 1 N–H and O–H groups in total. The Bertz CT molecular complexity index is 473. The van der Waals surface area contributed by atoms with Gasteiger partial charge in [0.1, 0.15) is 11.3 Å². The van der Waals surface area contributed by atoms with Crippen molar-refractivity contribution in [3.63, 3.8) is 0 Å². The first kappa shape index (κ1) is 17.5. The lowest BCUT2D eigenvalue weighted by molar-refractivity contribution is -0.148. The molecular formula is C17H27NO3. The fraction of sp³-hybridized carbons (Fsp3) is 0.588. The smallest absolute Gasteiger partial charge is 0.325 e. The van der Waals surface area contributed by atoms with Crippen LogP contribution in [0.15, 0.2) is 18.2 Å². The van der Waals surface area contributed by atoms with E-state index in [0.717, 1.165) is 25.0 Å². The first-order valence-corrected chi connectivity index (χ1v) is 7.40. The summed E-state index contributed by atoms with van der Waals surface area (Å²) < 4.78 is 10.6. The Hall–Kier alpha value is -1.55. The third-order valence-corrected chi connectivity index (χ3v) is 4.01. The maximum absolute atomic E-state index is 11.7. The molecule has 1 atom stereocenters. The summed E-state index contributed by atoms with van der Waals surface area (Å²) >= 11 is 0. The van der Waals surface area contributed by atoms with Gasteiger partial charge in [-0.25, -0.2) is 0 Å². The molecular weight excluding hydrogens is 266 g/mol. The Morgan fingerprint density at radius 3 is 2.52 bits per heavy atom. The van der Waals surface area contributed by atoms with Crippen LogP contribution in [0.1, 0.15) is 37.3 Å². The largest absolute Gasteiger partial charge is 0.494 e. The number of rotatable bonds is 8. The van der Waals surface area contributed by atoms with Gasteiger partial charge in [0.05, 0.1) is 13.7 Å². The lowest BCUT2D eigenvalue weighted by Gasteiger charge is -2.25. The van der Waals surface area contributed by atoms with E-state index in [1.807, 2.05) is 13.0 Å². The summed E-state index contributed by atoms with van der Waals surface area (Å²) in [6.45, 7) is 6.69. The van der Waals surface area contributed by atoms with Gasteiger partial charge in [-0.05, 0) is 70.3 Å². The van der Waals surface area contributed by atoms with Gasteiger partial charge in [0.2, 0.25) is 0 Å². The molecule has 1 rings (SSSR count). The molecule has 0 spiro atoms. The maximum atomic E-state index is 11.7. The van der Waals surface area contributed by atoms with Gasteiger partial charge in [-0.3, -0.25) is 4.79 Å². The number of esters is 1. The van der Waals surface area contributed by atoms with Gasteiger partial charge in [-0.1, -0.05) is 6.07 Å². The topological polar surface area (TPSA) is 47.6 Å². The molecule has 1 aromatic rings. The average Bonchev–Trinajstić information content (AvgIpc) is 2.49. The molecule has 21 heavy (non-hydrogen) atoms. The van der Waals surface area contributed by atoms with Crippen LogP contribution in [-0.4, -0.2) is 32.3 Å². The summed E-state index contributed by atoms with van der Waals surface area (Å²) in [6.07, 6.45) is 2.53. The molecule has 0 saturated heterocycles. The minimum absolute atomic E-state index is 0.222. The predicted molar refractivity (Wildman–Crippen MR) is 84.7 cm³/mol. The molecule has 0 aliphatic carbocycles. The van der Waals surface area contributed by atoms with Gasteiger partial charge in [0.15, 0.2) is 0 Å². The van der Waals surface area contributed by atoms with Crippen molar-refractivity contribution in [3.05, 3.63) is 29.3 Å². The molecule has 4 heteroatoms. The number of unbranched alkanes of at least 4 members (excludes halogenated alkanes) is 1. The van der Waals surface area contributed by atoms with E-state index in [4.69, 9.17) is 9.47 Å². The molecule has 0 aliphatic heterocycles. The molecule has 4 nitrogen and oxygen atoms in total. The normalized spacial score (nSPS) is 13.6. The van der Waals surface area contributed by atoms with E-state index in [9.17, 15) is 4.79 Å². The summed E-state index contributed by atoms with van der Waals surface area (Å²) in [6, 6.07) is 6.12. The van der Waals surface area contributed by atoms with Crippen LogP contribution in [0, 0.1) is 13.8 Å². The zero-order valence-corrected chi connectivity index (χ0v) is 13.8. The van der Waals surface area contributed by atoms with Crippen molar-refractivity contribution in [2.24, 2.45) is 0 Å². The molecule has 0 radical (unpaired) electrons. The minimum atomic E-state index is -0.616. The number of methoxy groups -OCH3 is 1. The van der Waals surface area contributed by atoms with Crippen molar-refractivity contribution in [1.29, 1.82) is 0 Å². The number of aryl methyl sites for hydroxylation is 2. The van der Waals surface area contributed by atoms with E-state index in [1.54, 1.807) is 7.05 Å². The molecule has 0 heterocycles. The molecule has 1 unspecified atom stereocenters. The molecule has 0 amide bonds. The highest BCUT2D eigenvalue weighted by molar-refractivity contribution is 5.80. The Kier molecular flexibility index (Phi) is 6.69. The summed E-state index contributed by atoms with van der Waals surface area (Å²) in [4.78, 5) is 11.7. The fourth-order valence-electron chi connectivity index (χ4n) is 2.13. The second kappa shape index (κ2) is 8.03. The summed E-state index contributed by atoms with van der Waals surface area (Å²) in [5, 5.41) is 3.04. The van der Waals surface area contributed by atoms with Crippen LogP contribution >= 0.6 is 0 Å². The molecule has 0 aliphatic rings. The van der Waals surface area contributed by atoms with E-state index >= 15 is 0 Å². The van der Waals surface area contributed by atoms with Crippen molar-refractivity contribution in [2.75, 3.05) is 20.8 Å². The van der Waals surface area contributed by atoms with E-state index < -0.39 is 5.54 Å². The number of hydrogen-bond acceptors (Lipinski definition) is 4. The molecule has 0 fully saturated rings. The quantitative estimate of drug-likeness (QED) is 0.591. The standard InChI is InChI=1S/C17H27NO3/c1-13-8-9-15(12-14(13)2)21-11-7-6-10-17(3,18-4)16(19)20-5/h8-9,12,18H,6-7,10-11H2,1-5H3. The van der Waals surface area contributed by atoms with E-state index in [0.29, 0.717) is 6.61 Å². The van der Waals surface area contributed by atoms with Crippen LogP contribution in [0.2, 0.25) is 0 Å². The Morgan fingerprint density at radius 1 is 1.24 bits per heavy atom. The van der Waals surface area contributed by atoms with Gasteiger partial charge >= 0.3 is 5.97 Å². The molecule has 118 valence electrons. The van der Waals surface area contributed by atoms with Gasteiger partial charge in [-0.2, -0.15) is 0 Å². The number of nitrogens with one attached hydrogen (secondary N) is 1. The Balaban J connectivity index is 2.34. The van der Waals surface area contributed by atoms with Crippen molar-refractivity contribution in [1.82, 2.24) is 5.32 Å². The van der Waals surface area contributed by atoms with Gasteiger partial charge in [0, 0.05) is 0 Å². The Morgan fingerprint density at radius 2 is 1.95 bits per heavy atom. The fourth-order valence-corrected chi connectivity index (χ4v) is 2.13. The maximum Gasteiger partial charge on any atom is 0.325 e. The van der Waals surface area contributed by atoms with E-state index in [-0.39, 0.29) is 5.97 Å². The highest BCUT2D eigenvalue weighted by Gasteiger charge is 2.31. The van der Waals surface area contributed by atoms with Crippen LogP contribution in [0.25, 0.3) is 0 Å². The predicted octanol–water partition coefficient (Wildman–Crippen LogP) is 3.00. The van der Waals surface area contributed by atoms with E-state index in [1.165, 1.54) is 18.2 Å². The van der Waals surface area contributed by atoms with E-state index in [2.05, 4.69) is 31.3 Å². The van der Waals surface area contributed by atoms with Gasteiger partial charge in [-0.15, -0.1) is 0 Å². The van der Waals surface area contributed by atoms with Crippen molar-refractivity contribution < 1.29 is 14.3 Å². The van der Waals surface area contributed by atoms with Gasteiger partial charge in [0.25, 0.3) is 0 Å². The molecule has 0 saturated carbocycles. The zero-order chi connectivity index (χ0) is 15.9. The lowest BCUT2D eigenvalue weighted by atomic mass is 9.95. The second-order valence-electron chi connectivity index (χ2n) is 5.63. The van der Waals surface area contributed by atoms with Crippen LogP contribution in [0.4, 0.5) is 0 Å². The number of carbonyl (C=O) groups excluding carboxylic acids is 1. The van der Waals surface area contributed by atoms with Crippen molar-refractivity contribution >= 4 is 5.97 Å². The molecule has 0 bridgehead atoms. The van der Waals surface area contributed by atoms with Crippen molar-refractivity contribution in [3.8, 4) is 5.75 Å². The Labute approximate surface area is 127 Å². The van der Waals surface area contributed by atoms with Crippen LogP contribution in [-0.2, 0) is 9.53 Å². The molecule has 0 aromatic heterocycles. The first-order chi connectivity index (χ1) is 9.92.